The quantitative estimate of drug-likeness (QED) is 0.151. The molecule has 0 bridgehead atoms. The van der Waals surface area contributed by atoms with Crippen molar-refractivity contribution in [2.45, 2.75) is 46.0 Å². The summed E-state index contributed by atoms with van der Waals surface area (Å²) in [5, 5.41) is 28.1. The Bertz CT molecular complexity index is 516. The summed E-state index contributed by atoms with van der Waals surface area (Å²) in [4.78, 5) is 38.9. The van der Waals surface area contributed by atoms with E-state index in [1.54, 1.807) is 0 Å². The van der Waals surface area contributed by atoms with Gasteiger partial charge < -0.3 is 29.4 Å². The van der Waals surface area contributed by atoms with E-state index in [0.29, 0.717) is 6.42 Å². The van der Waals surface area contributed by atoms with Gasteiger partial charge in [0.1, 0.15) is 12.7 Å². The SMILES string of the molecule is COC[C@@H](COCC(=O)OC(C)OC(=O)NC[C@H](CC(=O)O)CC(C)C)ON(O)O. The minimum atomic E-state index is -1.21. The van der Waals surface area contributed by atoms with Gasteiger partial charge >= 0.3 is 18.0 Å². The van der Waals surface area contributed by atoms with Gasteiger partial charge in [-0.15, -0.1) is 0 Å². The summed E-state index contributed by atoms with van der Waals surface area (Å²) in [5.74, 6) is -1.78. The molecule has 0 aliphatic carbocycles. The van der Waals surface area contributed by atoms with Crippen LogP contribution in [-0.2, 0) is 33.4 Å². The largest absolute Gasteiger partial charge is 0.481 e. The van der Waals surface area contributed by atoms with Crippen LogP contribution in [0.3, 0.4) is 0 Å². The van der Waals surface area contributed by atoms with Gasteiger partial charge in [0, 0.05) is 27.0 Å². The Morgan fingerprint density at radius 1 is 1.07 bits per heavy atom. The Labute approximate surface area is 174 Å². The lowest BCUT2D eigenvalue weighted by atomic mass is 9.94. The van der Waals surface area contributed by atoms with Crippen molar-refractivity contribution < 1.29 is 53.7 Å². The van der Waals surface area contributed by atoms with Gasteiger partial charge in [-0.25, -0.2) is 14.4 Å². The van der Waals surface area contributed by atoms with Gasteiger partial charge in [-0.3, -0.25) is 15.2 Å². The maximum Gasteiger partial charge on any atom is 0.410 e. The van der Waals surface area contributed by atoms with Crippen LogP contribution in [-0.4, -0.2) is 84.8 Å². The van der Waals surface area contributed by atoms with Crippen molar-refractivity contribution in [1.82, 2.24) is 10.7 Å². The van der Waals surface area contributed by atoms with Crippen LogP contribution in [0.5, 0.6) is 0 Å². The average molecular weight is 440 g/mol. The fourth-order valence-electron chi connectivity index (χ4n) is 2.52. The van der Waals surface area contributed by atoms with Gasteiger partial charge in [0.15, 0.2) is 0 Å². The molecule has 0 aromatic carbocycles. The van der Waals surface area contributed by atoms with Crippen molar-refractivity contribution in [2.24, 2.45) is 11.8 Å². The number of hydrogen-bond acceptors (Lipinski definition) is 11. The highest BCUT2D eigenvalue weighted by molar-refractivity contribution is 5.71. The van der Waals surface area contributed by atoms with Crippen molar-refractivity contribution in [3.8, 4) is 0 Å². The van der Waals surface area contributed by atoms with Gasteiger partial charge in [-0.05, 0) is 18.3 Å². The Morgan fingerprint density at radius 3 is 2.27 bits per heavy atom. The fourth-order valence-corrected chi connectivity index (χ4v) is 2.52. The maximum atomic E-state index is 11.8. The number of carboxylic acids is 1. The predicted octanol–water partition coefficient (Wildman–Crippen LogP) is 0.782. The second-order valence-electron chi connectivity index (χ2n) is 6.89. The number of methoxy groups -OCH3 is 1. The van der Waals surface area contributed by atoms with E-state index in [2.05, 4.69) is 10.2 Å². The lowest BCUT2D eigenvalue weighted by Crippen LogP contribution is -2.35. The van der Waals surface area contributed by atoms with E-state index in [4.69, 9.17) is 34.5 Å². The van der Waals surface area contributed by atoms with Crippen molar-refractivity contribution in [3.63, 3.8) is 0 Å². The first-order valence-corrected chi connectivity index (χ1v) is 9.30. The minimum absolute atomic E-state index is 0.0357. The van der Waals surface area contributed by atoms with E-state index in [1.807, 2.05) is 13.8 Å². The van der Waals surface area contributed by atoms with Crippen LogP contribution in [0.4, 0.5) is 4.79 Å². The minimum Gasteiger partial charge on any atom is -0.481 e. The first kappa shape index (κ1) is 28.0. The second-order valence-corrected chi connectivity index (χ2v) is 6.89. The van der Waals surface area contributed by atoms with Crippen LogP contribution in [0, 0.1) is 11.8 Å². The van der Waals surface area contributed by atoms with Crippen molar-refractivity contribution in [2.75, 3.05) is 33.5 Å². The number of esters is 1. The second kappa shape index (κ2) is 15.8. The standard InChI is InChI=1S/C17H32N2O11/c1-11(2)5-13(6-15(20)21)7-18-17(23)29-12(3)28-16(22)10-27-9-14(8-26-4)30-19(24)25/h11-14,24-25H,5-10H2,1-4H3,(H,18,23)(H,20,21)/t12?,13-,14-/m0/s1. The Balaban J connectivity index is 4.22. The number of aliphatic carboxylic acids is 1. The van der Waals surface area contributed by atoms with Crippen molar-refractivity contribution in [1.29, 1.82) is 0 Å². The molecule has 0 aliphatic heterocycles. The molecule has 0 aromatic heterocycles. The number of ether oxygens (including phenoxy) is 4. The van der Waals surface area contributed by atoms with Gasteiger partial charge in [0.05, 0.1) is 18.6 Å². The molecule has 1 amide bonds. The Hall–Kier alpha value is -2.03. The van der Waals surface area contributed by atoms with Crippen LogP contribution in [0.1, 0.15) is 33.6 Å². The molecule has 13 nitrogen and oxygen atoms in total. The predicted molar refractivity (Wildman–Crippen MR) is 98.2 cm³/mol. The molecular formula is C17H32N2O11. The van der Waals surface area contributed by atoms with E-state index in [0.717, 1.165) is 0 Å². The first-order valence-electron chi connectivity index (χ1n) is 9.30. The summed E-state index contributed by atoms with van der Waals surface area (Å²) in [6.45, 7) is 4.58. The molecule has 0 spiro atoms. The van der Waals surface area contributed by atoms with Crippen molar-refractivity contribution in [3.05, 3.63) is 0 Å². The fraction of sp³-hybridized carbons (Fsp3) is 0.824. The van der Waals surface area contributed by atoms with Gasteiger partial charge in [0.2, 0.25) is 6.29 Å². The molecule has 0 rings (SSSR count). The maximum absolute atomic E-state index is 11.8. The summed E-state index contributed by atoms with van der Waals surface area (Å²) in [5.41, 5.74) is 0. The van der Waals surface area contributed by atoms with E-state index in [-0.39, 0.29) is 38.0 Å². The number of nitrogens with zero attached hydrogens (tertiary/aromatic N) is 1. The third-order valence-corrected chi connectivity index (χ3v) is 3.49. The first-order chi connectivity index (χ1) is 14.0. The molecule has 4 N–H and O–H groups in total. The number of rotatable bonds is 16. The van der Waals surface area contributed by atoms with Crippen molar-refractivity contribution >= 4 is 18.0 Å². The molecule has 13 heteroatoms. The molecule has 0 heterocycles. The molecule has 30 heavy (non-hydrogen) atoms. The van der Waals surface area contributed by atoms with Crippen LogP contribution < -0.4 is 5.32 Å². The molecular weight excluding hydrogens is 408 g/mol. The van der Waals surface area contributed by atoms with Gasteiger partial charge in [-0.1, -0.05) is 13.8 Å². The highest BCUT2D eigenvalue weighted by Crippen LogP contribution is 2.14. The van der Waals surface area contributed by atoms with Crippen LogP contribution in [0.15, 0.2) is 0 Å². The molecule has 0 fully saturated rings. The average Bonchev–Trinajstić information content (AvgIpc) is 2.58. The van der Waals surface area contributed by atoms with E-state index in [1.165, 1.54) is 14.0 Å². The number of hydrogen-bond donors (Lipinski definition) is 4. The lowest BCUT2D eigenvalue weighted by Gasteiger charge is -2.19. The number of alkyl carbamates (subject to hydrolysis) is 1. The monoisotopic (exact) mass is 440 g/mol. The normalized spacial score (nSPS) is 14.3. The van der Waals surface area contributed by atoms with E-state index >= 15 is 0 Å². The molecule has 0 aliphatic rings. The summed E-state index contributed by atoms with van der Waals surface area (Å²) < 4.78 is 19.6. The lowest BCUT2D eigenvalue weighted by molar-refractivity contribution is -0.507. The van der Waals surface area contributed by atoms with E-state index < -0.39 is 42.4 Å². The van der Waals surface area contributed by atoms with Crippen LogP contribution in [0.25, 0.3) is 0 Å². The molecule has 176 valence electrons. The highest BCUT2D eigenvalue weighted by Gasteiger charge is 2.19. The number of carbonyl (C=O) groups is 3. The smallest absolute Gasteiger partial charge is 0.410 e. The zero-order valence-corrected chi connectivity index (χ0v) is 17.6. The van der Waals surface area contributed by atoms with Crippen LogP contribution >= 0.6 is 0 Å². The Morgan fingerprint density at radius 2 is 1.73 bits per heavy atom. The number of nitrogens with one attached hydrogen (secondary N) is 1. The summed E-state index contributed by atoms with van der Waals surface area (Å²) in [7, 11) is 1.36. The number of carbonyl (C=O) groups excluding carboxylic acids is 2. The van der Waals surface area contributed by atoms with Crippen LogP contribution in [0.2, 0.25) is 0 Å². The van der Waals surface area contributed by atoms with Gasteiger partial charge in [0.25, 0.3) is 0 Å². The highest BCUT2D eigenvalue weighted by atomic mass is 17.1. The summed E-state index contributed by atoms with van der Waals surface area (Å²) in [6.07, 6.45) is -2.41. The summed E-state index contributed by atoms with van der Waals surface area (Å²) in [6, 6.07) is 0. The zero-order chi connectivity index (χ0) is 23.1. The topological polar surface area (TPSA) is 173 Å². The molecule has 0 saturated heterocycles. The molecule has 3 atom stereocenters. The zero-order valence-electron chi connectivity index (χ0n) is 17.6. The molecule has 0 saturated carbocycles. The van der Waals surface area contributed by atoms with E-state index in [9.17, 15) is 14.4 Å². The Kier molecular flexibility index (Phi) is 14.7. The third-order valence-electron chi connectivity index (χ3n) is 3.49. The molecule has 0 radical (unpaired) electrons. The number of carboxylic acid groups (broad SMARTS) is 1. The summed E-state index contributed by atoms with van der Waals surface area (Å²) >= 11 is 0. The third kappa shape index (κ3) is 15.8. The van der Waals surface area contributed by atoms with Gasteiger partial charge in [-0.2, -0.15) is 0 Å². The number of amides is 1. The molecule has 1 unspecified atom stereocenters. The molecule has 0 aromatic rings.